The third-order valence-corrected chi connectivity index (χ3v) is 3.39. The predicted octanol–water partition coefficient (Wildman–Crippen LogP) is 1.08. The Labute approximate surface area is 95.9 Å². The van der Waals surface area contributed by atoms with Crippen LogP contribution in [0.5, 0.6) is 0 Å². The topological polar surface area (TPSA) is 77.5 Å². The molecular weight excluding hydrogens is 325 g/mol. The quantitative estimate of drug-likeness (QED) is 0.557. The molecule has 0 saturated heterocycles. The van der Waals surface area contributed by atoms with Gasteiger partial charge in [0.15, 0.2) is 0 Å². The first-order valence-electron chi connectivity index (χ1n) is 3.44. The van der Waals surface area contributed by atoms with Crippen LogP contribution < -0.4 is 0 Å². The zero-order valence-electron chi connectivity index (χ0n) is 8.00. The van der Waals surface area contributed by atoms with Gasteiger partial charge in [-0.1, -0.05) is 7.77 Å². The molecule has 0 heterocycles. The largest absolute Gasteiger partial charge is 0.439 e. The lowest BCUT2D eigenvalue weighted by atomic mass is 10.3. The number of ether oxygens (including phenoxy) is 1. The molecule has 0 aliphatic carbocycles. The second-order valence-corrected chi connectivity index (χ2v) is 5.49. The van der Waals surface area contributed by atoms with Gasteiger partial charge in [0.1, 0.15) is 0 Å². The minimum atomic E-state index is -7.36. The van der Waals surface area contributed by atoms with Crippen LogP contribution in [0.15, 0.2) is 0 Å². The summed E-state index contributed by atoms with van der Waals surface area (Å²) in [6.45, 7) is 0. The van der Waals surface area contributed by atoms with Crippen LogP contribution in [0.3, 0.4) is 0 Å². The molecule has 0 aromatic heterocycles. The number of hydrogen-bond donors (Lipinski definition) is 0. The fourth-order valence-corrected chi connectivity index (χ4v) is 1.84. The molecule has 0 rings (SSSR count). The summed E-state index contributed by atoms with van der Waals surface area (Å²) in [6, 6.07) is 0. The summed E-state index contributed by atoms with van der Waals surface area (Å²) in [6.07, 6.45) is 0. The van der Waals surface area contributed by atoms with Gasteiger partial charge >= 0.3 is 36.8 Å². The van der Waals surface area contributed by atoms with E-state index in [1.54, 1.807) is 0 Å². The van der Waals surface area contributed by atoms with Crippen molar-refractivity contribution in [3.63, 3.8) is 0 Å². The lowest BCUT2D eigenvalue weighted by Gasteiger charge is -2.32. The molecule has 0 atom stereocenters. The van der Waals surface area contributed by atoms with Crippen molar-refractivity contribution in [3.8, 4) is 0 Å². The Morgan fingerprint density at radius 3 is 1.11 bits per heavy atom. The van der Waals surface area contributed by atoms with Gasteiger partial charge in [0.2, 0.25) is 0 Å². The van der Waals surface area contributed by atoms with E-state index < -0.39 is 36.8 Å². The lowest BCUT2D eigenvalue weighted by Crippen LogP contribution is -2.63. The van der Waals surface area contributed by atoms with E-state index in [4.69, 9.17) is 0 Å². The minimum absolute atomic E-state index is 0.335. The highest BCUT2D eigenvalue weighted by Crippen LogP contribution is 2.50. The molecule has 0 amide bonds. The highest BCUT2D eigenvalue weighted by atomic mass is 32.3. The first kappa shape index (κ1) is 17.4. The van der Waals surface area contributed by atoms with Crippen LogP contribution in [-0.4, -0.2) is 40.3 Å². The summed E-state index contributed by atoms with van der Waals surface area (Å²) >= 11 is 0. The van der Waals surface area contributed by atoms with E-state index in [2.05, 4.69) is 4.74 Å². The third-order valence-electron chi connectivity index (χ3n) is 1.64. The Morgan fingerprint density at radius 1 is 0.778 bits per heavy atom. The van der Waals surface area contributed by atoms with Gasteiger partial charge in [-0.05, 0) is 0 Å². The first-order chi connectivity index (χ1) is 7.56. The number of halogens is 7. The molecule has 0 spiro atoms. The number of hydrogen-bond acceptors (Lipinski definition) is 5. The molecule has 0 aliphatic heterocycles. The zero-order valence-corrected chi connectivity index (χ0v) is 9.64. The summed E-state index contributed by atoms with van der Waals surface area (Å²) in [5, 5.41) is -13.3. The molecule has 5 nitrogen and oxygen atoms in total. The molecule has 14 heteroatoms. The van der Waals surface area contributed by atoms with Gasteiger partial charge in [0.05, 0.1) is 0 Å². The van der Waals surface area contributed by atoms with Crippen molar-refractivity contribution < 1.29 is 51.3 Å². The van der Waals surface area contributed by atoms with E-state index >= 15 is 0 Å². The molecule has 0 unspecified atom stereocenters. The molecule has 18 heavy (non-hydrogen) atoms. The maximum Gasteiger partial charge on any atom is 0.439 e. The van der Waals surface area contributed by atoms with Crippen LogP contribution >= 0.6 is 0 Å². The van der Waals surface area contributed by atoms with Gasteiger partial charge in [0.25, 0.3) is 0 Å². The standard InChI is InChI=1S/C4H3F7O5S2/c1-16-2(5,3(6,7)17(10,12)13)4(8,9)18(11,14)15/h1H3. The van der Waals surface area contributed by atoms with Crippen LogP contribution in [0.2, 0.25) is 0 Å². The van der Waals surface area contributed by atoms with Crippen molar-refractivity contribution in [2.45, 2.75) is 16.4 Å². The van der Waals surface area contributed by atoms with Gasteiger partial charge in [-0.25, -0.2) is 0 Å². The van der Waals surface area contributed by atoms with Gasteiger partial charge in [-0.15, -0.1) is 0 Å². The predicted molar refractivity (Wildman–Crippen MR) is 40.8 cm³/mol. The van der Waals surface area contributed by atoms with Crippen molar-refractivity contribution in [2.75, 3.05) is 7.11 Å². The molecule has 110 valence electrons. The Balaban J connectivity index is 6.31. The maximum absolute atomic E-state index is 13.1. The molecule has 0 aliphatic rings. The van der Waals surface area contributed by atoms with E-state index in [1.807, 2.05) is 0 Å². The van der Waals surface area contributed by atoms with Crippen LogP contribution in [0.4, 0.5) is 29.7 Å². The first-order valence-corrected chi connectivity index (χ1v) is 6.21. The zero-order chi connectivity index (χ0) is 15.2. The maximum atomic E-state index is 13.1. The van der Waals surface area contributed by atoms with Crippen molar-refractivity contribution >= 4 is 20.4 Å². The van der Waals surface area contributed by atoms with E-state index in [0.29, 0.717) is 0 Å². The van der Waals surface area contributed by atoms with Gasteiger partial charge in [-0.3, -0.25) is 0 Å². The second kappa shape index (κ2) is 4.19. The van der Waals surface area contributed by atoms with Crippen LogP contribution in [0.25, 0.3) is 0 Å². The van der Waals surface area contributed by atoms with E-state index in [-0.39, 0.29) is 7.11 Å². The molecule has 0 aromatic carbocycles. The number of methoxy groups -OCH3 is 1. The Kier molecular flexibility index (Phi) is 4.05. The molecular formula is C4H3F7O5S2. The van der Waals surface area contributed by atoms with Crippen LogP contribution in [-0.2, 0) is 25.2 Å². The summed E-state index contributed by atoms with van der Waals surface area (Å²) in [5.74, 6) is -6.29. The third kappa shape index (κ3) is 2.16. The van der Waals surface area contributed by atoms with Crippen molar-refractivity contribution in [1.29, 1.82) is 0 Å². The fourth-order valence-electron chi connectivity index (χ4n) is 0.721. The van der Waals surface area contributed by atoms with Gasteiger partial charge < -0.3 is 4.74 Å². The van der Waals surface area contributed by atoms with E-state index in [1.165, 1.54) is 0 Å². The Hall–Kier alpha value is -0.630. The molecule has 0 radical (unpaired) electrons. The average Bonchev–Trinajstić information content (AvgIpc) is 2.12. The molecule has 0 bridgehead atoms. The number of alkyl halides is 5. The van der Waals surface area contributed by atoms with Gasteiger partial charge in [-0.2, -0.15) is 38.8 Å². The van der Waals surface area contributed by atoms with Crippen LogP contribution in [0, 0.1) is 0 Å². The summed E-state index contributed by atoms with van der Waals surface area (Å²) in [4.78, 5) is 0. The fraction of sp³-hybridized carbons (Fsp3) is 1.00. The highest BCUT2D eigenvalue weighted by Gasteiger charge is 2.82. The van der Waals surface area contributed by atoms with Gasteiger partial charge in [0, 0.05) is 7.11 Å². The van der Waals surface area contributed by atoms with Crippen molar-refractivity contribution in [1.82, 2.24) is 0 Å². The van der Waals surface area contributed by atoms with Crippen molar-refractivity contribution in [2.24, 2.45) is 0 Å². The average molecular weight is 328 g/mol. The summed E-state index contributed by atoms with van der Waals surface area (Å²) in [5.41, 5.74) is 0. The monoisotopic (exact) mass is 328 g/mol. The van der Waals surface area contributed by atoms with E-state index in [0.717, 1.165) is 0 Å². The van der Waals surface area contributed by atoms with Crippen LogP contribution in [0.1, 0.15) is 0 Å². The Bertz CT molecular complexity index is 478. The summed E-state index contributed by atoms with van der Waals surface area (Å²) < 4.78 is 130. The molecule has 0 fully saturated rings. The highest BCUT2D eigenvalue weighted by molar-refractivity contribution is 7.88. The normalized spacial score (nSPS) is 15.8. The molecule has 0 saturated carbocycles. The van der Waals surface area contributed by atoms with E-state index in [9.17, 15) is 46.6 Å². The minimum Gasteiger partial charge on any atom is -0.338 e. The Morgan fingerprint density at radius 2 is 1.00 bits per heavy atom. The summed E-state index contributed by atoms with van der Waals surface area (Å²) in [7, 11) is -15.1. The number of rotatable bonds is 5. The lowest BCUT2D eigenvalue weighted by molar-refractivity contribution is -0.301. The van der Waals surface area contributed by atoms with Crippen molar-refractivity contribution in [3.05, 3.63) is 0 Å². The second-order valence-electron chi connectivity index (χ2n) is 2.71. The smallest absolute Gasteiger partial charge is 0.338 e. The molecule has 0 N–H and O–H groups in total. The SMILES string of the molecule is COC(F)(C(F)(F)S(=O)(=O)F)C(F)(F)S(=O)(=O)F. The molecule has 0 aromatic rings.